The first kappa shape index (κ1) is 39.9. The fourth-order valence-electron chi connectivity index (χ4n) is 5.64. The Hall–Kier alpha value is -4.87. The Morgan fingerprint density at radius 2 is 1.67 bits per heavy atom. The van der Waals surface area contributed by atoms with E-state index in [1.165, 1.54) is 25.3 Å². The normalized spacial score (nSPS) is 15.9. The summed E-state index contributed by atoms with van der Waals surface area (Å²) in [5.74, 6) is -0.659. The molecule has 0 saturated heterocycles. The van der Waals surface area contributed by atoms with E-state index in [9.17, 15) is 35.9 Å². The van der Waals surface area contributed by atoms with E-state index in [-0.39, 0.29) is 67.6 Å². The molecule has 284 valence electrons. The molecule has 12 nitrogen and oxygen atoms in total. The quantitative estimate of drug-likeness (QED) is 0.111. The zero-order valence-corrected chi connectivity index (χ0v) is 28.6. The third-order valence-electron chi connectivity index (χ3n) is 8.17. The number of fused-ring (bicyclic) bond motifs is 1. The van der Waals surface area contributed by atoms with Crippen LogP contribution in [0.25, 0.3) is 0 Å². The number of pyridine rings is 1. The van der Waals surface area contributed by atoms with E-state index < -0.39 is 54.0 Å². The molecule has 0 spiro atoms. The molecule has 1 amide bonds. The lowest BCUT2D eigenvalue weighted by Gasteiger charge is -2.39. The van der Waals surface area contributed by atoms with Gasteiger partial charge in [-0.25, -0.2) is 19.7 Å². The van der Waals surface area contributed by atoms with Gasteiger partial charge in [0.05, 0.1) is 60.8 Å². The lowest BCUT2D eigenvalue weighted by atomic mass is 9.93. The van der Waals surface area contributed by atoms with Crippen molar-refractivity contribution in [2.75, 3.05) is 44.3 Å². The van der Waals surface area contributed by atoms with Crippen LogP contribution in [0, 0.1) is 0 Å². The number of unbranched alkanes of at least 4 members (excludes halogenated alkanes) is 2. The molecule has 0 unspecified atom stereocenters. The molecule has 2 atom stereocenters. The Bertz CT molecular complexity index is 1660. The number of ether oxygens (including phenoxy) is 4. The van der Waals surface area contributed by atoms with Crippen molar-refractivity contribution in [3.63, 3.8) is 0 Å². The average Bonchev–Trinajstić information content (AvgIpc) is 3.09. The van der Waals surface area contributed by atoms with Gasteiger partial charge in [0.1, 0.15) is 6.61 Å². The van der Waals surface area contributed by atoms with Gasteiger partial charge in [0.2, 0.25) is 11.8 Å². The van der Waals surface area contributed by atoms with Gasteiger partial charge < -0.3 is 29.4 Å². The van der Waals surface area contributed by atoms with Gasteiger partial charge in [-0.1, -0.05) is 6.92 Å². The van der Waals surface area contributed by atoms with E-state index in [1.54, 1.807) is 12.1 Å². The Balaban J connectivity index is 1.65. The fraction of sp³-hybridized carbons (Fsp3) is 0.500. The number of amides is 1. The van der Waals surface area contributed by atoms with Gasteiger partial charge >= 0.3 is 24.4 Å². The zero-order valence-electron chi connectivity index (χ0n) is 28.6. The second-order valence-corrected chi connectivity index (χ2v) is 11.9. The first-order valence-corrected chi connectivity index (χ1v) is 16.4. The van der Waals surface area contributed by atoms with Gasteiger partial charge in [0.25, 0.3) is 0 Å². The van der Waals surface area contributed by atoms with Gasteiger partial charge in [0, 0.05) is 32.1 Å². The first-order valence-electron chi connectivity index (χ1n) is 16.4. The highest BCUT2D eigenvalue weighted by atomic mass is 19.4. The van der Waals surface area contributed by atoms with Crippen LogP contribution in [0.5, 0.6) is 11.6 Å². The van der Waals surface area contributed by atoms with Gasteiger partial charge in [-0.05, 0) is 61.9 Å². The third-order valence-corrected chi connectivity index (χ3v) is 8.17. The molecule has 18 heteroatoms. The Labute approximate surface area is 295 Å². The van der Waals surface area contributed by atoms with Crippen LogP contribution in [0.2, 0.25) is 0 Å². The molecule has 2 N–H and O–H groups in total. The number of nitrogens with zero attached hydrogens (tertiary/aromatic N) is 4. The van der Waals surface area contributed by atoms with Crippen LogP contribution < -0.4 is 19.7 Å². The maximum absolute atomic E-state index is 13.6. The molecule has 1 aliphatic heterocycles. The highest BCUT2D eigenvalue weighted by Crippen LogP contribution is 2.41. The number of halogens is 6. The van der Waals surface area contributed by atoms with E-state index >= 15 is 0 Å². The lowest BCUT2D eigenvalue weighted by molar-refractivity contribution is -0.143. The maximum atomic E-state index is 13.6. The predicted octanol–water partition coefficient (Wildman–Crippen LogP) is 7.46. The standard InChI is InChI=1S/C34H39F6N5O7/c1-4-23-18-25(30-26(9-10-28(44-30)50-3)45(23)32(48)52-11-7-5-6-8-29(46)47)43-31-41-19-27(51-13-12-49-2)24(42-31)16-20-14-21(33(35,36)37)17-22(15-20)34(38,39)40/h9-10,14-15,17,19,23,25H,4-8,11-13,16,18H2,1-3H3,(H,46,47)(H,41,42,43)/t23-,25+/m1/s1. The van der Waals surface area contributed by atoms with Crippen molar-refractivity contribution >= 4 is 23.7 Å². The summed E-state index contributed by atoms with van der Waals surface area (Å²) in [7, 11) is 2.84. The average molecular weight is 744 g/mol. The van der Waals surface area contributed by atoms with Crippen molar-refractivity contribution in [2.45, 2.75) is 76.3 Å². The summed E-state index contributed by atoms with van der Waals surface area (Å²) in [5, 5.41) is 12.0. The summed E-state index contributed by atoms with van der Waals surface area (Å²) < 4.78 is 103. The number of anilines is 2. The Kier molecular flexibility index (Phi) is 13.5. The van der Waals surface area contributed by atoms with Gasteiger partial charge in [-0.3, -0.25) is 9.69 Å². The molecule has 4 rings (SSSR count). The summed E-state index contributed by atoms with van der Waals surface area (Å²) in [6, 6.07) is 3.51. The Morgan fingerprint density at radius 1 is 0.962 bits per heavy atom. The summed E-state index contributed by atoms with van der Waals surface area (Å²) >= 11 is 0. The second kappa shape index (κ2) is 17.6. The van der Waals surface area contributed by atoms with E-state index in [4.69, 9.17) is 24.1 Å². The minimum atomic E-state index is -5.04. The lowest BCUT2D eigenvalue weighted by Crippen LogP contribution is -2.46. The summed E-state index contributed by atoms with van der Waals surface area (Å²) in [4.78, 5) is 39.0. The number of aliphatic carboxylic acids is 1. The molecule has 0 aliphatic carbocycles. The SMILES string of the molecule is CC[C@@H]1C[C@H](Nc2ncc(OCCOC)c(Cc3cc(C(F)(F)F)cc(C(F)(F)F)c3)n2)c2nc(OC)ccc2N1C(=O)OCCCCCC(=O)O. The largest absolute Gasteiger partial charge is 0.488 e. The number of carboxylic acid groups (broad SMARTS) is 1. The van der Waals surface area contributed by atoms with E-state index in [2.05, 4.69) is 20.3 Å². The van der Waals surface area contributed by atoms with Gasteiger partial charge in [-0.15, -0.1) is 0 Å². The molecule has 2 aromatic heterocycles. The summed E-state index contributed by atoms with van der Waals surface area (Å²) in [6.45, 7) is 2.09. The number of hydrogen-bond acceptors (Lipinski definition) is 10. The van der Waals surface area contributed by atoms with Crippen molar-refractivity contribution in [1.29, 1.82) is 0 Å². The molecule has 0 fully saturated rings. The summed E-state index contributed by atoms with van der Waals surface area (Å²) in [5.41, 5.74) is -2.43. The van der Waals surface area contributed by atoms with E-state index in [0.29, 0.717) is 49.2 Å². The van der Waals surface area contributed by atoms with Crippen molar-refractivity contribution in [2.24, 2.45) is 0 Å². The number of alkyl halides is 6. The number of nitrogens with one attached hydrogen (secondary N) is 1. The second-order valence-electron chi connectivity index (χ2n) is 11.9. The molecule has 3 heterocycles. The van der Waals surface area contributed by atoms with Crippen LogP contribution in [0.3, 0.4) is 0 Å². The Morgan fingerprint density at radius 3 is 2.29 bits per heavy atom. The van der Waals surface area contributed by atoms with E-state index in [1.807, 2.05) is 6.92 Å². The maximum Gasteiger partial charge on any atom is 0.416 e. The minimum absolute atomic E-state index is 0.00217. The molecule has 0 radical (unpaired) electrons. The first-order chi connectivity index (χ1) is 24.6. The van der Waals surface area contributed by atoms with Crippen LogP contribution in [0.15, 0.2) is 36.5 Å². The van der Waals surface area contributed by atoms with E-state index in [0.717, 1.165) is 0 Å². The van der Waals surface area contributed by atoms with Crippen LogP contribution >= 0.6 is 0 Å². The number of hydrogen-bond donors (Lipinski definition) is 2. The molecule has 0 saturated carbocycles. The monoisotopic (exact) mass is 743 g/mol. The number of rotatable bonds is 16. The topological polar surface area (TPSA) is 145 Å². The van der Waals surface area contributed by atoms with Gasteiger partial charge in [-0.2, -0.15) is 26.3 Å². The molecular weight excluding hydrogens is 704 g/mol. The molecule has 52 heavy (non-hydrogen) atoms. The fourth-order valence-corrected chi connectivity index (χ4v) is 5.64. The molecular formula is C34H39F6N5O7. The van der Waals surface area contributed by atoms with Crippen LogP contribution in [-0.4, -0.2) is 72.2 Å². The molecule has 0 bridgehead atoms. The number of aromatic nitrogens is 3. The minimum Gasteiger partial charge on any atom is -0.488 e. The van der Waals surface area contributed by atoms with Crippen LogP contribution in [0.1, 0.15) is 79.6 Å². The molecule has 3 aromatic rings. The number of carbonyl (C=O) groups excluding carboxylic acids is 1. The van der Waals surface area contributed by atoms with Crippen LogP contribution in [-0.2, 0) is 33.0 Å². The van der Waals surface area contributed by atoms with Gasteiger partial charge in [0.15, 0.2) is 5.75 Å². The summed E-state index contributed by atoms with van der Waals surface area (Å²) in [6.07, 6.45) is -7.60. The number of carboxylic acids is 1. The highest BCUT2D eigenvalue weighted by Gasteiger charge is 2.39. The van der Waals surface area contributed by atoms with Crippen molar-refractivity contribution in [1.82, 2.24) is 15.0 Å². The number of benzene rings is 1. The smallest absolute Gasteiger partial charge is 0.416 e. The van der Waals surface area contributed by atoms with Crippen LogP contribution in [0.4, 0.5) is 42.8 Å². The van der Waals surface area contributed by atoms with Crippen molar-refractivity contribution < 1.29 is 60.0 Å². The van der Waals surface area contributed by atoms with Crippen molar-refractivity contribution in [3.05, 3.63) is 64.6 Å². The predicted molar refractivity (Wildman–Crippen MR) is 174 cm³/mol. The highest BCUT2D eigenvalue weighted by molar-refractivity contribution is 5.90. The number of carbonyl (C=O) groups is 2. The third kappa shape index (κ3) is 10.6. The molecule has 1 aromatic carbocycles. The zero-order chi connectivity index (χ0) is 38.1. The molecule has 1 aliphatic rings. The van der Waals surface area contributed by atoms with Crippen molar-refractivity contribution in [3.8, 4) is 11.6 Å². The number of methoxy groups -OCH3 is 2.